The number of nitrogens with one attached hydrogen (secondary N) is 2. The summed E-state index contributed by atoms with van der Waals surface area (Å²) in [4.78, 5) is 22.8. The molecule has 6 N–H and O–H groups in total. The summed E-state index contributed by atoms with van der Waals surface area (Å²) in [6.45, 7) is 2.17. The van der Waals surface area contributed by atoms with E-state index in [0.29, 0.717) is 39.0 Å². The Bertz CT molecular complexity index is 386. The zero-order valence-electron chi connectivity index (χ0n) is 17.1. The average molecular weight is 383 g/mol. The van der Waals surface area contributed by atoms with Gasteiger partial charge in [0, 0.05) is 39.0 Å². The Balaban J connectivity index is 3.23. The first-order chi connectivity index (χ1) is 13.2. The van der Waals surface area contributed by atoms with Crippen molar-refractivity contribution in [3.05, 3.63) is 12.2 Å². The standard InChI is InChI=1S/C21H42N4O2/c22-16-18-24-20(26)14-12-10-8-6-4-2-1-3-5-7-9-11-13-15-21(27)25-19-17-23/h1-2H,3-19,22-23H2,(H,24,26)(H,25,27). The maximum atomic E-state index is 11.4. The zero-order chi connectivity index (χ0) is 20.0. The van der Waals surface area contributed by atoms with E-state index in [1.807, 2.05) is 0 Å². The van der Waals surface area contributed by atoms with E-state index in [1.54, 1.807) is 0 Å². The maximum absolute atomic E-state index is 11.4. The number of carbonyl (C=O) groups excluding carboxylic acids is 2. The van der Waals surface area contributed by atoms with Crippen LogP contribution >= 0.6 is 0 Å². The molecule has 0 bridgehead atoms. The lowest BCUT2D eigenvalue weighted by Crippen LogP contribution is -2.28. The van der Waals surface area contributed by atoms with E-state index < -0.39 is 0 Å². The van der Waals surface area contributed by atoms with Gasteiger partial charge in [-0.3, -0.25) is 9.59 Å². The van der Waals surface area contributed by atoms with Gasteiger partial charge < -0.3 is 22.1 Å². The Morgan fingerprint density at radius 3 is 1.37 bits per heavy atom. The highest BCUT2D eigenvalue weighted by Crippen LogP contribution is 2.09. The molecular weight excluding hydrogens is 340 g/mol. The molecule has 0 spiro atoms. The number of rotatable bonds is 19. The van der Waals surface area contributed by atoms with Crippen LogP contribution in [0.15, 0.2) is 12.2 Å². The lowest BCUT2D eigenvalue weighted by Gasteiger charge is -2.03. The average Bonchev–Trinajstić information content (AvgIpc) is 2.67. The highest BCUT2D eigenvalue weighted by atomic mass is 16.2. The first kappa shape index (κ1) is 25.6. The number of unbranched alkanes of at least 4 members (excludes halogenated alkanes) is 9. The molecule has 6 heteroatoms. The van der Waals surface area contributed by atoms with Crippen molar-refractivity contribution in [2.75, 3.05) is 26.2 Å². The maximum Gasteiger partial charge on any atom is 0.220 e. The van der Waals surface area contributed by atoms with Gasteiger partial charge in [-0.2, -0.15) is 0 Å². The molecule has 6 nitrogen and oxygen atoms in total. The molecule has 27 heavy (non-hydrogen) atoms. The number of nitrogens with two attached hydrogens (primary N) is 2. The van der Waals surface area contributed by atoms with E-state index in [-0.39, 0.29) is 11.8 Å². The normalized spacial score (nSPS) is 11.0. The largest absolute Gasteiger partial charge is 0.355 e. The van der Waals surface area contributed by atoms with E-state index in [0.717, 1.165) is 38.5 Å². The fraction of sp³-hybridized carbons (Fsp3) is 0.810. The number of allylic oxidation sites excluding steroid dienone is 2. The van der Waals surface area contributed by atoms with Crippen LogP contribution in [0.2, 0.25) is 0 Å². The third kappa shape index (κ3) is 20.8. The Morgan fingerprint density at radius 1 is 0.593 bits per heavy atom. The summed E-state index contributed by atoms with van der Waals surface area (Å²) in [6, 6.07) is 0. The van der Waals surface area contributed by atoms with E-state index >= 15 is 0 Å². The van der Waals surface area contributed by atoms with Gasteiger partial charge in [-0.05, 0) is 38.5 Å². The van der Waals surface area contributed by atoms with Crippen molar-refractivity contribution in [3.63, 3.8) is 0 Å². The fourth-order valence-electron chi connectivity index (χ4n) is 2.82. The monoisotopic (exact) mass is 382 g/mol. The molecule has 0 rings (SSSR count). The van der Waals surface area contributed by atoms with Crippen molar-refractivity contribution in [2.24, 2.45) is 11.5 Å². The summed E-state index contributed by atoms with van der Waals surface area (Å²) in [5, 5.41) is 5.59. The minimum absolute atomic E-state index is 0.121. The van der Waals surface area contributed by atoms with Gasteiger partial charge in [0.2, 0.25) is 11.8 Å². The lowest BCUT2D eigenvalue weighted by atomic mass is 10.1. The SMILES string of the molecule is NCCNC(=O)CCCCCCC=CCCCCCCCC(=O)NCCN. The second-order valence-electron chi connectivity index (χ2n) is 7.01. The van der Waals surface area contributed by atoms with Crippen molar-refractivity contribution in [3.8, 4) is 0 Å². The predicted molar refractivity (Wildman–Crippen MR) is 113 cm³/mol. The third-order valence-corrected chi connectivity index (χ3v) is 4.40. The van der Waals surface area contributed by atoms with E-state index in [1.165, 1.54) is 32.1 Å². The molecule has 0 unspecified atom stereocenters. The number of carbonyl (C=O) groups is 2. The molecule has 0 saturated carbocycles. The van der Waals surface area contributed by atoms with Crippen LogP contribution in [0.5, 0.6) is 0 Å². The van der Waals surface area contributed by atoms with Crippen LogP contribution in [0.3, 0.4) is 0 Å². The topological polar surface area (TPSA) is 110 Å². The quantitative estimate of drug-likeness (QED) is 0.203. The van der Waals surface area contributed by atoms with Gasteiger partial charge in [0.25, 0.3) is 0 Å². The second-order valence-corrected chi connectivity index (χ2v) is 7.01. The molecule has 0 aromatic heterocycles. The molecule has 0 atom stereocenters. The van der Waals surface area contributed by atoms with Crippen molar-refractivity contribution in [1.82, 2.24) is 10.6 Å². The molecule has 0 radical (unpaired) electrons. The molecular formula is C21H42N4O2. The van der Waals surface area contributed by atoms with Crippen molar-refractivity contribution in [1.29, 1.82) is 0 Å². The molecule has 0 fully saturated rings. The molecule has 0 heterocycles. The van der Waals surface area contributed by atoms with Gasteiger partial charge >= 0.3 is 0 Å². The zero-order valence-corrected chi connectivity index (χ0v) is 17.1. The lowest BCUT2D eigenvalue weighted by molar-refractivity contribution is -0.122. The molecule has 158 valence electrons. The smallest absolute Gasteiger partial charge is 0.220 e. The summed E-state index contributed by atoms with van der Waals surface area (Å²) in [7, 11) is 0. The van der Waals surface area contributed by atoms with Crippen LogP contribution in [0.25, 0.3) is 0 Å². The Labute approximate surface area is 165 Å². The molecule has 0 aromatic carbocycles. The predicted octanol–water partition coefficient (Wildman–Crippen LogP) is 2.76. The number of hydrogen-bond acceptors (Lipinski definition) is 4. The van der Waals surface area contributed by atoms with Crippen LogP contribution in [0.1, 0.15) is 83.5 Å². The summed E-state index contributed by atoms with van der Waals surface area (Å²) >= 11 is 0. The second kappa shape index (κ2) is 20.9. The van der Waals surface area contributed by atoms with Crippen molar-refractivity contribution in [2.45, 2.75) is 83.5 Å². The van der Waals surface area contributed by atoms with Gasteiger partial charge in [-0.1, -0.05) is 44.3 Å². The molecule has 2 amide bonds. The van der Waals surface area contributed by atoms with E-state index in [9.17, 15) is 9.59 Å². The fourth-order valence-corrected chi connectivity index (χ4v) is 2.82. The van der Waals surface area contributed by atoms with Crippen LogP contribution in [0.4, 0.5) is 0 Å². The Hall–Kier alpha value is -1.40. The van der Waals surface area contributed by atoms with E-state index in [4.69, 9.17) is 11.5 Å². The van der Waals surface area contributed by atoms with Crippen molar-refractivity contribution >= 4 is 11.8 Å². The van der Waals surface area contributed by atoms with Gasteiger partial charge in [-0.25, -0.2) is 0 Å². The first-order valence-electron chi connectivity index (χ1n) is 10.8. The summed E-state index contributed by atoms with van der Waals surface area (Å²) in [5.41, 5.74) is 10.7. The summed E-state index contributed by atoms with van der Waals surface area (Å²) in [5.74, 6) is 0.244. The minimum Gasteiger partial charge on any atom is -0.355 e. The molecule has 0 aliphatic heterocycles. The van der Waals surface area contributed by atoms with Crippen LogP contribution in [-0.4, -0.2) is 38.0 Å². The third-order valence-electron chi connectivity index (χ3n) is 4.40. The van der Waals surface area contributed by atoms with Gasteiger partial charge in [0.1, 0.15) is 0 Å². The van der Waals surface area contributed by atoms with Gasteiger partial charge in [0.15, 0.2) is 0 Å². The first-order valence-corrected chi connectivity index (χ1v) is 10.8. The van der Waals surface area contributed by atoms with Crippen molar-refractivity contribution < 1.29 is 9.59 Å². The Kier molecular flexibility index (Phi) is 19.8. The van der Waals surface area contributed by atoms with Crippen LogP contribution < -0.4 is 22.1 Å². The van der Waals surface area contributed by atoms with Crippen LogP contribution in [0, 0.1) is 0 Å². The summed E-state index contributed by atoms with van der Waals surface area (Å²) < 4.78 is 0. The molecule has 0 saturated heterocycles. The van der Waals surface area contributed by atoms with Crippen LogP contribution in [-0.2, 0) is 9.59 Å². The molecule has 0 aliphatic rings. The minimum atomic E-state index is 0.121. The highest BCUT2D eigenvalue weighted by Gasteiger charge is 2.00. The number of hydrogen-bond donors (Lipinski definition) is 4. The molecule has 0 aromatic rings. The van der Waals surface area contributed by atoms with E-state index in [2.05, 4.69) is 22.8 Å². The van der Waals surface area contributed by atoms with Gasteiger partial charge in [-0.15, -0.1) is 0 Å². The number of amides is 2. The van der Waals surface area contributed by atoms with Gasteiger partial charge in [0.05, 0.1) is 0 Å². The summed E-state index contributed by atoms with van der Waals surface area (Å²) in [6.07, 6.45) is 18.4. The molecule has 0 aliphatic carbocycles. The Morgan fingerprint density at radius 2 is 0.963 bits per heavy atom. The highest BCUT2D eigenvalue weighted by molar-refractivity contribution is 5.76.